The molecular formula is C19H21N5O. The minimum Gasteiger partial charge on any atom is -0.338 e. The van der Waals surface area contributed by atoms with E-state index in [9.17, 15) is 10.1 Å². The molecule has 0 unspecified atom stereocenters. The maximum atomic E-state index is 11.8. The number of aryl methyl sites for hydroxylation is 1. The summed E-state index contributed by atoms with van der Waals surface area (Å²) in [5.41, 5.74) is 3.91. The topological polar surface area (TPSA) is 90.7 Å². The van der Waals surface area contributed by atoms with Crippen molar-refractivity contribution in [1.29, 1.82) is 5.26 Å². The van der Waals surface area contributed by atoms with Crippen molar-refractivity contribution in [2.24, 2.45) is 5.92 Å². The molecule has 1 amide bonds. The molecule has 25 heavy (non-hydrogen) atoms. The summed E-state index contributed by atoms with van der Waals surface area (Å²) in [7, 11) is 0. The molecule has 3 rings (SSSR count). The standard InChI is InChI=1S/C19H21N5O/c1-3-15-16(11-20)18(24-23-17(15)4-2)21-13-7-9-14(10-8-13)22-19(25)12-5-6-12/h7-10,12H,3-6H2,1-2H3,(H,21,24)(H,22,25). The molecule has 0 saturated heterocycles. The summed E-state index contributed by atoms with van der Waals surface area (Å²) < 4.78 is 0. The van der Waals surface area contributed by atoms with Gasteiger partial charge in [0, 0.05) is 17.3 Å². The summed E-state index contributed by atoms with van der Waals surface area (Å²) in [6.45, 7) is 4.02. The lowest BCUT2D eigenvalue weighted by molar-refractivity contribution is -0.117. The highest BCUT2D eigenvalue weighted by molar-refractivity contribution is 5.94. The van der Waals surface area contributed by atoms with Gasteiger partial charge in [-0.05, 0) is 55.5 Å². The van der Waals surface area contributed by atoms with Gasteiger partial charge in [0.1, 0.15) is 11.6 Å². The Hall–Kier alpha value is -2.94. The third-order valence-electron chi connectivity index (χ3n) is 4.32. The fraction of sp³-hybridized carbons (Fsp3) is 0.368. The van der Waals surface area contributed by atoms with Gasteiger partial charge in [0.15, 0.2) is 5.82 Å². The summed E-state index contributed by atoms with van der Waals surface area (Å²) in [5, 5.41) is 24.0. The SMILES string of the molecule is CCc1nnc(Nc2ccc(NC(=O)C3CC3)cc2)c(C#N)c1CC. The average molecular weight is 335 g/mol. The Morgan fingerprint density at radius 3 is 2.40 bits per heavy atom. The van der Waals surface area contributed by atoms with Gasteiger partial charge in [-0.25, -0.2) is 0 Å². The van der Waals surface area contributed by atoms with Gasteiger partial charge >= 0.3 is 0 Å². The predicted molar refractivity (Wildman–Crippen MR) is 96.6 cm³/mol. The highest BCUT2D eigenvalue weighted by Crippen LogP contribution is 2.30. The molecule has 1 aromatic carbocycles. The van der Waals surface area contributed by atoms with Crippen LogP contribution < -0.4 is 10.6 Å². The van der Waals surface area contributed by atoms with E-state index in [1.54, 1.807) is 0 Å². The molecule has 2 aromatic rings. The van der Waals surface area contributed by atoms with Crippen LogP contribution in [-0.4, -0.2) is 16.1 Å². The number of nitriles is 1. The normalized spacial score (nSPS) is 13.2. The van der Waals surface area contributed by atoms with Crippen LogP contribution in [0, 0.1) is 17.2 Å². The number of hydrogen-bond donors (Lipinski definition) is 2. The second kappa shape index (κ2) is 7.31. The molecule has 0 atom stereocenters. The van der Waals surface area contributed by atoms with Crippen LogP contribution in [0.25, 0.3) is 0 Å². The summed E-state index contributed by atoms with van der Waals surface area (Å²) in [5.74, 6) is 0.725. The second-order valence-electron chi connectivity index (χ2n) is 6.13. The molecule has 1 aliphatic rings. The lowest BCUT2D eigenvalue weighted by Gasteiger charge is -2.12. The van der Waals surface area contributed by atoms with Crippen molar-refractivity contribution in [2.75, 3.05) is 10.6 Å². The van der Waals surface area contributed by atoms with Crippen LogP contribution >= 0.6 is 0 Å². The molecular weight excluding hydrogens is 314 g/mol. The lowest BCUT2D eigenvalue weighted by Crippen LogP contribution is -2.13. The number of benzene rings is 1. The van der Waals surface area contributed by atoms with Crippen LogP contribution in [0.2, 0.25) is 0 Å². The molecule has 128 valence electrons. The largest absolute Gasteiger partial charge is 0.338 e. The van der Waals surface area contributed by atoms with E-state index < -0.39 is 0 Å². The van der Waals surface area contributed by atoms with Gasteiger partial charge in [0.2, 0.25) is 5.91 Å². The fourth-order valence-corrected chi connectivity index (χ4v) is 2.74. The molecule has 0 bridgehead atoms. The highest BCUT2D eigenvalue weighted by atomic mass is 16.2. The number of nitrogens with one attached hydrogen (secondary N) is 2. The number of amides is 1. The monoisotopic (exact) mass is 335 g/mol. The number of carbonyl (C=O) groups is 1. The molecule has 2 N–H and O–H groups in total. The van der Waals surface area contributed by atoms with Crippen molar-refractivity contribution in [2.45, 2.75) is 39.5 Å². The van der Waals surface area contributed by atoms with E-state index in [-0.39, 0.29) is 11.8 Å². The first-order valence-corrected chi connectivity index (χ1v) is 8.62. The van der Waals surface area contributed by atoms with Crippen molar-refractivity contribution in [3.05, 3.63) is 41.1 Å². The maximum Gasteiger partial charge on any atom is 0.227 e. The van der Waals surface area contributed by atoms with Gasteiger partial charge in [-0.2, -0.15) is 10.4 Å². The highest BCUT2D eigenvalue weighted by Gasteiger charge is 2.29. The van der Waals surface area contributed by atoms with Crippen LogP contribution in [0.5, 0.6) is 0 Å². The molecule has 6 heteroatoms. The lowest BCUT2D eigenvalue weighted by atomic mass is 10.0. The summed E-state index contributed by atoms with van der Waals surface area (Å²) in [4.78, 5) is 11.8. The molecule has 0 spiro atoms. The molecule has 1 saturated carbocycles. The first-order chi connectivity index (χ1) is 12.2. The van der Waals surface area contributed by atoms with E-state index in [2.05, 4.69) is 26.9 Å². The predicted octanol–water partition coefficient (Wildman–Crippen LogP) is 3.57. The van der Waals surface area contributed by atoms with Gasteiger partial charge < -0.3 is 10.6 Å². The van der Waals surface area contributed by atoms with E-state index >= 15 is 0 Å². The van der Waals surface area contributed by atoms with E-state index in [4.69, 9.17) is 0 Å². The van der Waals surface area contributed by atoms with E-state index in [0.717, 1.165) is 48.3 Å². The van der Waals surface area contributed by atoms with E-state index in [0.29, 0.717) is 11.4 Å². The van der Waals surface area contributed by atoms with Crippen LogP contribution in [0.15, 0.2) is 24.3 Å². The van der Waals surface area contributed by atoms with Crippen LogP contribution in [-0.2, 0) is 17.6 Å². The Balaban J connectivity index is 1.78. The number of rotatable bonds is 6. The number of nitrogens with zero attached hydrogens (tertiary/aromatic N) is 3. The number of anilines is 3. The molecule has 1 aliphatic carbocycles. The second-order valence-corrected chi connectivity index (χ2v) is 6.13. The van der Waals surface area contributed by atoms with Gasteiger partial charge in [-0.3, -0.25) is 4.79 Å². The van der Waals surface area contributed by atoms with Gasteiger partial charge in [0.05, 0.1) is 5.69 Å². The summed E-state index contributed by atoms with van der Waals surface area (Å²) in [6, 6.07) is 9.62. The van der Waals surface area contributed by atoms with Gasteiger partial charge in [-0.15, -0.1) is 5.10 Å². The first kappa shape index (κ1) is 16.9. The molecule has 1 fully saturated rings. The van der Waals surface area contributed by atoms with Crippen LogP contribution in [0.3, 0.4) is 0 Å². The van der Waals surface area contributed by atoms with Crippen molar-refractivity contribution in [3.8, 4) is 6.07 Å². The maximum absolute atomic E-state index is 11.8. The third kappa shape index (κ3) is 3.77. The average Bonchev–Trinajstić information content (AvgIpc) is 3.48. The number of aromatic nitrogens is 2. The van der Waals surface area contributed by atoms with Gasteiger partial charge in [-0.1, -0.05) is 13.8 Å². The summed E-state index contributed by atoms with van der Waals surface area (Å²) >= 11 is 0. The minimum absolute atomic E-state index is 0.0843. The molecule has 1 heterocycles. The molecule has 0 radical (unpaired) electrons. The van der Waals surface area contributed by atoms with Crippen molar-refractivity contribution < 1.29 is 4.79 Å². The van der Waals surface area contributed by atoms with Crippen molar-refractivity contribution in [1.82, 2.24) is 10.2 Å². The Morgan fingerprint density at radius 2 is 1.84 bits per heavy atom. The van der Waals surface area contributed by atoms with Crippen molar-refractivity contribution >= 4 is 23.1 Å². The molecule has 1 aromatic heterocycles. The summed E-state index contributed by atoms with van der Waals surface area (Å²) in [6.07, 6.45) is 3.45. The first-order valence-electron chi connectivity index (χ1n) is 8.62. The zero-order chi connectivity index (χ0) is 17.8. The van der Waals surface area contributed by atoms with Crippen LogP contribution in [0.1, 0.15) is 43.5 Å². The minimum atomic E-state index is 0.0843. The Kier molecular flexibility index (Phi) is 4.94. The smallest absolute Gasteiger partial charge is 0.227 e. The van der Waals surface area contributed by atoms with E-state index in [1.807, 2.05) is 38.1 Å². The zero-order valence-electron chi connectivity index (χ0n) is 14.5. The quantitative estimate of drug-likeness (QED) is 0.842. The third-order valence-corrected chi connectivity index (χ3v) is 4.32. The number of hydrogen-bond acceptors (Lipinski definition) is 5. The number of carbonyl (C=O) groups excluding carboxylic acids is 1. The van der Waals surface area contributed by atoms with Gasteiger partial charge in [0.25, 0.3) is 0 Å². The Morgan fingerprint density at radius 1 is 1.16 bits per heavy atom. The molecule has 0 aliphatic heterocycles. The molecule has 6 nitrogen and oxygen atoms in total. The zero-order valence-corrected chi connectivity index (χ0v) is 14.5. The Bertz CT molecular complexity index is 819. The fourth-order valence-electron chi connectivity index (χ4n) is 2.74. The Labute approximate surface area is 147 Å². The van der Waals surface area contributed by atoms with Crippen LogP contribution in [0.4, 0.5) is 17.2 Å². The van der Waals surface area contributed by atoms with E-state index in [1.165, 1.54) is 0 Å². The van der Waals surface area contributed by atoms with Crippen molar-refractivity contribution in [3.63, 3.8) is 0 Å².